The maximum Gasteiger partial charge on any atom is 0.262 e. The van der Waals surface area contributed by atoms with Gasteiger partial charge in [0.05, 0.1) is 11.4 Å². The Morgan fingerprint density at radius 2 is 1.28 bits per heavy atom. The topological polar surface area (TPSA) is 120 Å². The van der Waals surface area contributed by atoms with E-state index in [1.807, 2.05) is 47.9 Å². The fraction of sp³-hybridized carbons (Fsp3) is 0.421. The van der Waals surface area contributed by atoms with E-state index in [-0.39, 0.29) is 23.9 Å². The Labute approximate surface area is 300 Å². The lowest BCUT2D eigenvalue weighted by molar-refractivity contribution is -0.123. The lowest BCUT2D eigenvalue weighted by Crippen LogP contribution is -2.55. The van der Waals surface area contributed by atoms with E-state index in [4.69, 9.17) is 9.47 Å². The molecule has 2 amide bonds. The molecule has 11 nitrogen and oxygen atoms in total. The number of benzene rings is 3. The zero-order valence-corrected chi connectivity index (χ0v) is 30.0. The van der Waals surface area contributed by atoms with Gasteiger partial charge < -0.3 is 24.6 Å². The molecule has 0 bridgehead atoms. The van der Waals surface area contributed by atoms with Gasteiger partial charge in [0.2, 0.25) is 0 Å². The van der Waals surface area contributed by atoms with Crippen molar-refractivity contribution in [2.45, 2.75) is 77.3 Å². The van der Waals surface area contributed by atoms with Crippen LogP contribution in [-0.4, -0.2) is 48.8 Å². The third-order valence-electron chi connectivity index (χ3n) is 10.7. The van der Waals surface area contributed by atoms with Crippen LogP contribution in [0, 0.1) is 11.8 Å². The third kappa shape index (κ3) is 6.29. The molecule has 0 radical (unpaired) electrons. The van der Waals surface area contributed by atoms with Crippen LogP contribution < -0.4 is 35.4 Å². The normalized spacial score (nSPS) is 22.1. The van der Waals surface area contributed by atoms with Gasteiger partial charge >= 0.3 is 0 Å². The van der Waals surface area contributed by atoms with Crippen LogP contribution in [0.15, 0.2) is 69.3 Å². The molecule has 50 heavy (non-hydrogen) atoms. The predicted molar refractivity (Wildman–Crippen MR) is 198 cm³/mol. The Balaban J connectivity index is 0.000000149. The summed E-state index contributed by atoms with van der Waals surface area (Å²) in [4.78, 5) is 28.1. The summed E-state index contributed by atoms with van der Waals surface area (Å²) in [6.07, 6.45) is 9.97. The quantitative estimate of drug-likeness (QED) is 0.260. The second kappa shape index (κ2) is 13.6. The van der Waals surface area contributed by atoms with Gasteiger partial charge in [-0.3, -0.25) is 9.59 Å². The number of hydrogen-bond acceptors (Lipinski definition) is 9. The number of amides is 2. The molecule has 9 rings (SSSR count). The van der Waals surface area contributed by atoms with E-state index in [1.165, 1.54) is 49.7 Å². The summed E-state index contributed by atoms with van der Waals surface area (Å²) < 4.78 is 12.9. The molecule has 0 saturated heterocycles. The highest BCUT2D eigenvalue weighted by atomic mass is 79.9. The van der Waals surface area contributed by atoms with Gasteiger partial charge in [0, 0.05) is 21.9 Å². The van der Waals surface area contributed by atoms with Crippen LogP contribution in [0.5, 0.6) is 11.5 Å². The number of hydrazone groups is 2. The number of hydrogen-bond donors (Lipinski definition) is 3. The molecule has 0 aromatic heterocycles. The van der Waals surface area contributed by atoms with Crippen molar-refractivity contribution in [3.05, 3.63) is 70.2 Å². The van der Waals surface area contributed by atoms with Gasteiger partial charge in [-0.15, -0.1) is 0 Å². The van der Waals surface area contributed by atoms with E-state index >= 15 is 0 Å². The van der Waals surface area contributed by atoms with E-state index < -0.39 is 0 Å². The summed E-state index contributed by atoms with van der Waals surface area (Å²) in [6, 6.07) is 18.1. The summed E-state index contributed by atoms with van der Waals surface area (Å²) >= 11 is 3.66. The molecule has 2 aliphatic carbocycles. The van der Waals surface area contributed by atoms with Crippen molar-refractivity contribution in [2.75, 3.05) is 28.3 Å². The third-order valence-corrected chi connectivity index (χ3v) is 11.5. The number of halogens is 1. The predicted octanol–water partition coefficient (Wildman–Crippen LogP) is 6.63. The highest BCUT2D eigenvalue weighted by Crippen LogP contribution is 2.43. The average molecular weight is 741 g/mol. The monoisotopic (exact) mass is 739 g/mol. The molecular formula is C38H42BrN7O4. The fourth-order valence-corrected chi connectivity index (χ4v) is 7.82. The van der Waals surface area contributed by atoms with Gasteiger partial charge in [0.25, 0.3) is 11.8 Å². The summed E-state index contributed by atoms with van der Waals surface area (Å²) in [5.41, 5.74) is 11.7. The van der Waals surface area contributed by atoms with E-state index in [1.54, 1.807) is 0 Å². The van der Waals surface area contributed by atoms with Crippen molar-refractivity contribution in [1.82, 2.24) is 10.9 Å². The lowest BCUT2D eigenvalue weighted by Gasteiger charge is -2.39. The van der Waals surface area contributed by atoms with Crippen LogP contribution >= 0.6 is 15.9 Å². The fourth-order valence-electron chi connectivity index (χ4n) is 7.34. The van der Waals surface area contributed by atoms with Crippen LogP contribution in [-0.2, 0) is 22.4 Å². The van der Waals surface area contributed by atoms with Crippen LogP contribution in [0.1, 0.15) is 63.5 Å². The Bertz CT molecular complexity index is 1870. The zero-order chi connectivity index (χ0) is 34.4. The Hall–Kier alpha value is -4.58. The maximum absolute atomic E-state index is 12.2. The lowest BCUT2D eigenvalue weighted by atomic mass is 9.80. The zero-order valence-electron chi connectivity index (χ0n) is 28.4. The molecule has 260 valence electrons. The largest absolute Gasteiger partial charge is 0.483 e. The molecule has 2 fully saturated rings. The van der Waals surface area contributed by atoms with Crippen LogP contribution in [0.2, 0.25) is 0 Å². The van der Waals surface area contributed by atoms with E-state index in [2.05, 4.69) is 72.6 Å². The first kappa shape index (κ1) is 32.6. The first-order valence-corrected chi connectivity index (χ1v) is 18.5. The minimum absolute atomic E-state index is 0.0833. The highest BCUT2D eigenvalue weighted by Gasteiger charge is 2.37. The van der Waals surface area contributed by atoms with E-state index in [0.29, 0.717) is 13.2 Å². The minimum atomic E-state index is -0.306. The molecule has 3 aromatic carbocycles. The van der Waals surface area contributed by atoms with E-state index in [0.717, 1.165) is 75.1 Å². The summed E-state index contributed by atoms with van der Waals surface area (Å²) in [6.45, 7) is 4.53. The van der Waals surface area contributed by atoms with Gasteiger partial charge in [-0.1, -0.05) is 72.7 Å². The second-order valence-corrected chi connectivity index (χ2v) is 14.9. The first-order valence-electron chi connectivity index (χ1n) is 17.7. The molecule has 4 aliphatic heterocycles. The summed E-state index contributed by atoms with van der Waals surface area (Å²) in [7, 11) is 0. The van der Waals surface area contributed by atoms with Crippen molar-refractivity contribution in [2.24, 2.45) is 22.0 Å². The first-order chi connectivity index (χ1) is 24.3. The number of nitrogens with zero attached hydrogens (tertiary/aromatic N) is 4. The molecule has 2 atom stereocenters. The number of nitrogens with one attached hydrogen (secondary N) is 3. The van der Waals surface area contributed by atoms with Crippen LogP contribution in [0.4, 0.5) is 22.7 Å². The van der Waals surface area contributed by atoms with E-state index in [9.17, 15) is 9.59 Å². The molecular weight excluding hydrogens is 698 g/mol. The number of ether oxygens (including phenoxy) is 2. The molecule has 4 heterocycles. The van der Waals surface area contributed by atoms with Crippen LogP contribution in [0.3, 0.4) is 0 Å². The van der Waals surface area contributed by atoms with Crippen molar-refractivity contribution >= 4 is 62.2 Å². The molecule has 3 N–H and O–H groups in total. The van der Waals surface area contributed by atoms with Crippen molar-refractivity contribution in [3.63, 3.8) is 0 Å². The molecule has 6 aliphatic rings. The molecule has 2 unspecified atom stereocenters. The van der Waals surface area contributed by atoms with Crippen molar-refractivity contribution in [3.8, 4) is 11.5 Å². The number of amidine groups is 2. The maximum atomic E-state index is 12.2. The highest BCUT2D eigenvalue weighted by molar-refractivity contribution is 9.10. The van der Waals surface area contributed by atoms with Gasteiger partial charge in [0.1, 0.15) is 36.8 Å². The average Bonchev–Trinajstić information content (AvgIpc) is 3.08. The van der Waals surface area contributed by atoms with Gasteiger partial charge in [-0.2, -0.15) is 10.2 Å². The molecule has 2 saturated carbocycles. The van der Waals surface area contributed by atoms with Crippen molar-refractivity contribution in [1.29, 1.82) is 0 Å². The molecule has 12 heteroatoms. The Morgan fingerprint density at radius 3 is 1.82 bits per heavy atom. The van der Waals surface area contributed by atoms with Gasteiger partial charge in [0.15, 0.2) is 11.7 Å². The number of rotatable bonds is 6. The number of carbonyl (C=O) groups excluding carboxylic acids is 2. The smallest absolute Gasteiger partial charge is 0.262 e. The summed E-state index contributed by atoms with van der Waals surface area (Å²) in [5.74, 6) is 4.45. The van der Waals surface area contributed by atoms with Gasteiger partial charge in [-0.25, -0.2) is 10.9 Å². The Morgan fingerprint density at radius 1 is 0.760 bits per heavy atom. The van der Waals surface area contributed by atoms with Gasteiger partial charge in [-0.05, 0) is 80.0 Å². The second-order valence-electron chi connectivity index (χ2n) is 14.1. The summed E-state index contributed by atoms with van der Waals surface area (Å²) in [5, 5.41) is 11.9. The van der Waals surface area contributed by atoms with Crippen molar-refractivity contribution < 1.29 is 19.1 Å². The number of anilines is 4. The van der Waals surface area contributed by atoms with Crippen LogP contribution in [0.25, 0.3) is 0 Å². The molecule has 0 spiro atoms. The SMILES string of the molecule is CC1C(=O)NN=C2COc3cc(Br)c(CC4CCC4)cc3N21.CC1C(=O)NN=C2COc3cc(Nc4ccccc4)c(CC4CCC4)cc3N21. The molecule has 3 aromatic rings. The minimum Gasteiger partial charge on any atom is -0.483 e. The number of para-hydroxylation sites is 1. The number of fused-ring (bicyclic) bond motifs is 6. The number of carbonyl (C=O) groups is 2. The Kier molecular flexibility index (Phi) is 8.88. The standard InChI is InChI=1S/C22H24N4O2.C16H18BrN3O2/c1-14-22(27)25-24-21-13-28-20-12-18(23-17-8-3-2-4-9-17)16(10-15-6-5-7-15)11-19(20)26(14)21;1-9-16(21)19-18-15-8-22-14-7-12(17)11(5-10-3-2-4-10)6-13(14)20(9)15/h2-4,8-9,11-12,14-15,23H,5-7,10,13H2,1H3,(H,25,27);6-7,9-10H,2-5,8H2,1H3,(H,19,21).